The normalized spacial score (nSPS) is 21.1. The Morgan fingerprint density at radius 2 is 2.11 bits per heavy atom. The van der Waals surface area contributed by atoms with E-state index in [1.165, 1.54) is 0 Å². The molecule has 2 unspecified atom stereocenters. The second kappa shape index (κ2) is 5.21. The second-order valence-corrected chi connectivity index (χ2v) is 4.82. The van der Waals surface area contributed by atoms with E-state index in [9.17, 15) is 9.59 Å². The molecule has 0 spiro atoms. The SMILES string of the molecule is CC(Cc1ccccc1)N1CC(C(=O)O)CC1=O. The van der Waals surface area contributed by atoms with Gasteiger partial charge in [0.1, 0.15) is 0 Å². The highest BCUT2D eigenvalue weighted by atomic mass is 16.4. The Bertz CT molecular complexity index is 444. The van der Waals surface area contributed by atoms with Crippen LogP contribution < -0.4 is 0 Å². The maximum absolute atomic E-state index is 11.8. The van der Waals surface area contributed by atoms with Crippen molar-refractivity contribution in [2.75, 3.05) is 6.54 Å². The van der Waals surface area contributed by atoms with Crippen LogP contribution in [0.15, 0.2) is 30.3 Å². The van der Waals surface area contributed by atoms with Gasteiger partial charge in [-0.2, -0.15) is 0 Å². The number of carboxylic acid groups (broad SMARTS) is 1. The molecule has 1 aromatic carbocycles. The summed E-state index contributed by atoms with van der Waals surface area (Å²) in [4.78, 5) is 24.4. The van der Waals surface area contributed by atoms with Gasteiger partial charge in [-0.1, -0.05) is 30.3 Å². The largest absolute Gasteiger partial charge is 0.481 e. The van der Waals surface area contributed by atoms with Crippen LogP contribution in [0.25, 0.3) is 0 Å². The molecule has 1 fully saturated rings. The number of hydrogen-bond acceptors (Lipinski definition) is 2. The van der Waals surface area contributed by atoms with Gasteiger partial charge in [0, 0.05) is 19.0 Å². The molecule has 1 saturated heterocycles. The maximum atomic E-state index is 11.8. The van der Waals surface area contributed by atoms with E-state index < -0.39 is 11.9 Å². The number of aliphatic carboxylic acids is 1. The van der Waals surface area contributed by atoms with Crippen molar-refractivity contribution in [3.63, 3.8) is 0 Å². The van der Waals surface area contributed by atoms with Crippen LogP contribution in [-0.2, 0) is 16.0 Å². The molecule has 1 aromatic rings. The van der Waals surface area contributed by atoms with Gasteiger partial charge in [-0.3, -0.25) is 9.59 Å². The number of carboxylic acids is 1. The van der Waals surface area contributed by atoms with Crippen molar-refractivity contribution in [2.45, 2.75) is 25.8 Å². The lowest BCUT2D eigenvalue weighted by Gasteiger charge is -2.24. The van der Waals surface area contributed by atoms with E-state index in [4.69, 9.17) is 5.11 Å². The van der Waals surface area contributed by atoms with Gasteiger partial charge in [0.15, 0.2) is 0 Å². The minimum absolute atomic E-state index is 0.0456. The predicted molar refractivity (Wildman–Crippen MR) is 67.1 cm³/mol. The van der Waals surface area contributed by atoms with Gasteiger partial charge in [0.25, 0.3) is 0 Å². The highest BCUT2D eigenvalue weighted by Gasteiger charge is 2.36. The topological polar surface area (TPSA) is 57.6 Å². The lowest BCUT2D eigenvalue weighted by atomic mass is 10.1. The van der Waals surface area contributed by atoms with Crippen LogP contribution in [-0.4, -0.2) is 34.5 Å². The first-order valence-corrected chi connectivity index (χ1v) is 6.14. The van der Waals surface area contributed by atoms with E-state index in [0.29, 0.717) is 6.54 Å². The summed E-state index contributed by atoms with van der Waals surface area (Å²) < 4.78 is 0. The molecule has 0 bridgehead atoms. The summed E-state index contributed by atoms with van der Waals surface area (Å²) in [6, 6.07) is 9.97. The third-order valence-electron chi connectivity index (χ3n) is 3.41. The van der Waals surface area contributed by atoms with Crippen molar-refractivity contribution in [3.05, 3.63) is 35.9 Å². The van der Waals surface area contributed by atoms with E-state index in [0.717, 1.165) is 12.0 Å². The lowest BCUT2D eigenvalue weighted by molar-refractivity contribution is -0.141. The first-order valence-electron chi connectivity index (χ1n) is 6.14. The van der Waals surface area contributed by atoms with Gasteiger partial charge in [-0.05, 0) is 18.9 Å². The van der Waals surface area contributed by atoms with Crippen molar-refractivity contribution in [2.24, 2.45) is 5.92 Å². The Kier molecular flexibility index (Phi) is 3.65. The van der Waals surface area contributed by atoms with Gasteiger partial charge in [0.2, 0.25) is 5.91 Å². The van der Waals surface area contributed by atoms with Crippen LogP contribution in [0.3, 0.4) is 0 Å². The highest BCUT2D eigenvalue weighted by molar-refractivity contribution is 5.86. The smallest absolute Gasteiger partial charge is 0.308 e. The standard InChI is InChI=1S/C14H17NO3/c1-10(7-11-5-3-2-4-6-11)15-9-12(14(17)18)8-13(15)16/h2-6,10,12H,7-9H2,1H3,(H,17,18). The zero-order valence-electron chi connectivity index (χ0n) is 10.4. The van der Waals surface area contributed by atoms with Crippen LogP contribution in [0, 0.1) is 5.92 Å². The van der Waals surface area contributed by atoms with Gasteiger partial charge >= 0.3 is 5.97 Å². The zero-order chi connectivity index (χ0) is 13.1. The lowest BCUT2D eigenvalue weighted by Crippen LogP contribution is -2.36. The maximum Gasteiger partial charge on any atom is 0.308 e. The Hall–Kier alpha value is -1.84. The van der Waals surface area contributed by atoms with Gasteiger partial charge in [-0.15, -0.1) is 0 Å². The van der Waals surface area contributed by atoms with Crippen molar-refractivity contribution in [1.82, 2.24) is 4.90 Å². The summed E-state index contributed by atoms with van der Waals surface area (Å²) in [6.07, 6.45) is 0.896. The molecule has 1 amide bonds. The Morgan fingerprint density at radius 3 is 2.67 bits per heavy atom. The van der Waals surface area contributed by atoms with Crippen LogP contribution in [0.5, 0.6) is 0 Å². The van der Waals surface area contributed by atoms with Gasteiger partial charge in [0.05, 0.1) is 5.92 Å². The minimum atomic E-state index is -0.877. The average molecular weight is 247 g/mol. The molecule has 2 atom stereocenters. The Morgan fingerprint density at radius 1 is 1.44 bits per heavy atom. The summed E-state index contributed by atoms with van der Waals surface area (Å²) >= 11 is 0. The van der Waals surface area contributed by atoms with Crippen LogP contribution >= 0.6 is 0 Å². The summed E-state index contributed by atoms with van der Waals surface area (Å²) in [7, 11) is 0. The van der Waals surface area contributed by atoms with E-state index in [-0.39, 0.29) is 18.4 Å². The molecule has 0 aliphatic carbocycles. The van der Waals surface area contributed by atoms with Crippen molar-refractivity contribution >= 4 is 11.9 Å². The van der Waals surface area contributed by atoms with Crippen LogP contribution in [0.4, 0.5) is 0 Å². The zero-order valence-corrected chi connectivity index (χ0v) is 10.4. The molecule has 1 aliphatic heterocycles. The Labute approximate surface area is 106 Å². The summed E-state index contributed by atoms with van der Waals surface area (Å²) in [5, 5.41) is 8.94. The van der Waals surface area contributed by atoms with Crippen LogP contribution in [0.1, 0.15) is 18.9 Å². The Balaban J connectivity index is 2.00. The molecule has 0 saturated carbocycles. The first kappa shape index (κ1) is 12.6. The number of carbonyl (C=O) groups excluding carboxylic acids is 1. The van der Waals surface area contributed by atoms with Gasteiger partial charge < -0.3 is 10.0 Å². The number of amides is 1. The quantitative estimate of drug-likeness (QED) is 0.878. The number of nitrogens with zero attached hydrogens (tertiary/aromatic N) is 1. The van der Waals surface area contributed by atoms with E-state index in [1.807, 2.05) is 37.3 Å². The first-order chi connectivity index (χ1) is 8.58. The predicted octanol–water partition coefficient (Wildman–Crippen LogP) is 1.55. The third-order valence-corrected chi connectivity index (χ3v) is 3.41. The van der Waals surface area contributed by atoms with Crippen molar-refractivity contribution in [1.29, 1.82) is 0 Å². The number of carbonyl (C=O) groups is 2. The summed E-state index contributed by atoms with van der Waals surface area (Å²) in [5.74, 6) is -1.47. The molecule has 4 nitrogen and oxygen atoms in total. The molecule has 1 heterocycles. The van der Waals surface area contributed by atoms with Crippen LogP contribution in [0.2, 0.25) is 0 Å². The molecule has 0 radical (unpaired) electrons. The number of hydrogen-bond donors (Lipinski definition) is 1. The van der Waals surface area contributed by atoms with E-state index in [2.05, 4.69) is 0 Å². The fraction of sp³-hybridized carbons (Fsp3) is 0.429. The minimum Gasteiger partial charge on any atom is -0.481 e. The highest BCUT2D eigenvalue weighted by Crippen LogP contribution is 2.22. The molecule has 96 valence electrons. The molecular formula is C14H17NO3. The summed E-state index contributed by atoms with van der Waals surface area (Å²) in [5.41, 5.74) is 1.16. The fourth-order valence-corrected chi connectivity index (χ4v) is 2.39. The monoisotopic (exact) mass is 247 g/mol. The molecule has 2 rings (SSSR count). The second-order valence-electron chi connectivity index (χ2n) is 4.82. The van der Waals surface area contributed by atoms with E-state index >= 15 is 0 Å². The summed E-state index contributed by atoms with van der Waals surface area (Å²) in [6.45, 7) is 2.30. The van der Waals surface area contributed by atoms with E-state index in [1.54, 1.807) is 4.90 Å². The number of rotatable bonds is 4. The van der Waals surface area contributed by atoms with Crippen molar-refractivity contribution < 1.29 is 14.7 Å². The molecule has 4 heteroatoms. The number of likely N-dealkylation sites (tertiary alicyclic amines) is 1. The molecule has 0 aromatic heterocycles. The fourth-order valence-electron chi connectivity index (χ4n) is 2.39. The van der Waals surface area contributed by atoms with Gasteiger partial charge in [-0.25, -0.2) is 0 Å². The molecule has 18 heavy (non-hydrogen) atoms. The molecule has 1 N–H and O–H groups in total. The van der Waals surface area contributed by atoms with Crippen molar-refractivity contribution in [3.8, 4) is 0 Å². The molecule has 1 aliphatic rings. The third kappa shape index (κ3) is 2.70. The molecular weight excluding hydrogens is 230 g/mol. The number of benzene rings is 1. The average Bonchev–Trinajstić information content (AvgIpc) is 2.73.